The molecule has 33 heavy (non-hydrogen) atoms. The van der Waals surface area contributed by atoms with Gasteiger partial charge in [0, 0.05) is 65.9 Å². The first-order valence-electron chi connectivity index (χ1n) is 11.0. The van der Waals surface area contributed by atoms with E-state index in [1.165, 1.54) is 0 Å². The summed E-state index contributed by atoms with van der Waals surface area (Å²) in [6.45, 7) is 5.01. The number of aliphatic imine (C=N–C) groups is 1. The van der Waals surface area contributed by atoms with E-state index < -0.39 is 0 Å². The zero-order valence-corrected chi connectivity index (χ0v) is 22.4. The Morgan fingerprint density at radius 1 is 1.09 bits per heavy atom. The normalized spacial score (nSPS) is 10.8. The van der Waals surface area contributed by atoms with Crippen molar-refractivity contribution < 1.29 is 14.3 Å². The number of halogens is 1. The number of ether oxygens (including phenoxy) is 2. The number of methoxy groups -OCH3 is 1. The number of rotatable bonds is 12. The molecule has 0 heterocycles. The van der Waals surface area contributed by atoms with Crippen LogP contribution in [0, 0.1) is 6.92 Å². The molecular formula is C25H37IN4O3. The lowest BCUT2D eigenvalue weighted by atomic mass is 10.1. The van der Waals surface area contributed by atoms with E-state index in [0.717, 1.165) is 28.9 Å². The molecule has 2 rings (SSSR count). The Kier molecular flexibility index (Phi) is 14.2. The summed E-state index contributed by atoms with van der Waals surface area (Å²) in [6.07, 6.45) is 1.23. The van der Waals surface area contributed by atoms with Crippen molar-refractivity contribution in [1.29, 1.82) is 0 Å². The molecule has 0 aliphatic rings. The molecule has 182 valence electrons. The highest BCUT2D eigenvalue weighted by Crippen LogP contribution is 2.20. The van der Waals surface area contributed by atoms with Gasteiger partial charge < -0.3 is 25.0 Å². The molecule has 0 bridgehead atoms. The van der Waals surface area contributed by atoms with Crippen LogP contribution in [0.3, 0.4) is 0 Å². The minimum absolute atomic E-state index is 0. The number of benzene rings is 2. The van der Waals surface area contributed by atoms with E-state index in [1.54, 1.807) is 19.1 Å². The van der Waals surface area contributed by atoms with Gasteiger partial charge in [0.2, 0.25) is 5.91 Å². The maximum absolute atomic E-state index is 12.4. The molecule has 0 spiro atoms. The number of hydrogen-bond acceptors (Lipinski definition) is 4. The lowest BCUT2D eigenvalue weighted by Crippen LogP contribution is -2.39. The van der Waals surface area contributed by atoms with E-state index in [-0.39, 0.29) is 29.9 Å². The molecule has 0 radical (unpaired) electrons. The Balaban J connectivity index is 0.00000544. The van der Waals surface area contributed by atoms with Gasteiger partial charge in [0.05, 0.1) is 6.61 Å². The number of carbonyl (C=O) groups excluding carboxylic acids is 1. The van der Waals surface area contributed by atoms with Crippen LogP contribution in [-0.2, 0) is 22.6 Å². The number of guanidine groups is 1. The van der Waals surface area contributed by atoms with Crippen molar-refractivity contribution in [1.82, 2.24) is 15.5 Å². The summed E-state index contributed by atoms with van der Waals surface area (Å²) >= 11 is 0. The molecule has 0 aliphatic carbocycles. The molecule has 0 fully saturated rings. The Morgan fingerprint density at radius 3 is 2.55 bits per heavy atom. The van der Waals surface area contributed by atoms with E-state index in [2.05, 4.69) is 27.8 Å². The SMILES string of the molecule is CN=C(NCCC(=O)N(C)Cc1ccccc1)NCc1ccc(C)cc1OCCCOC.I. The summed E-state index contributed by atoms with van der Waals surface area (Å²) in [5.41, 5.74) is 3.32. The van der Waals surface area contributed by atoms with Crippen molar-refractivity contribution in [3.63, 3.8) is 0 Å². The molecule has 1 amide bonds. The second-order valence-electron chi connectivity index (χ2n) is 7.64. The molecule has 0 aliphatic heterocycles. The topological polar surface area (TPSA) is 75.2 Å². The summed E-state index contributed by atoms with van der Waals surface area (Å²) in [5.74, 6) is 1.60. The highest BCUT2D eigenvalue weighted by Gasteiger charge is 2.10. The van der Waals surface area contributed by atoms with Gasteiger partial charge >= 0.3 is 0 Å². The van der Waals surface area contributed by atoms with Crippen molar-refractivity contribution in [2.75, 3.05) is 41.0 Å². The third-order valence-corrected chi connectivity index (χ3v) is 4.96. The number of nitrogens with zero attached hydrogens (tertiary/aromatic N) is 2. The molecular weight excluding hydrogens is 531 g/mol. The first-order valence-corrected chi connectivity index (χ1v) is 11.0. The Morgan fingerprint density at radius 2 is 1.85 bits per heavy atom. The van der Waals surface area contributed by atoms with E-state index in [9.17, 15) is 4.79 Å². The summed E-state index contributed by atoms with van der Waals surface area (Å²) in [6, 6.07) is 16.1. The van der Waals surface area contributed by atoms with Crippen LogP contribution in [0.25, 0.3) is 0 Å². The van der Waals surface area contributed by atoms with Crippen molar-refractivity contribution in [3.8, 4) is 5.75 Å². The predicted octanol–water partition coefficient (Wildman–Crippen LogP) is 3.74. The van der Waals surface area contributed by atoms with Gasteiger partial charge in [0.15, 0.2) is 5.96 Å². The van der Waals surface area contributed by atoms with Gasteiger partial charge in [-0.1, -0.05) is 42.5 Å². The molecule has 8 heteroatoms. The predicted molar refractivity (Wildman–Crippen MR) is 144 cm³/mol. The molecule has 2 aromatic carbocycles. The second-order valence-corrected chi connectivity index (χ2v) is 7.64. The maximum Gasteiger partial charge on any atom is 0.224 e. The lowest BCUT2D eigenvalue weighted by Gasteiger charge is -2.18. The molecule has 2 N–H and O–H groups in total. The largest absolute Gasteiger partial charge is 0.493 e. The van der Waals surface area contributed by atoms with Crippen molar-refractivity contribution in [2.24, 2.45) is 4.99 Å². The van der Waals surface area contributed by atoms with Gasteiger partial charge in [-0.3, -0.25) is 9.79 Å². The number of aryl methyl sites for hydroxylation is 1. The molecule has 7 nitrogen and oxygen atoms in total. The average molecular weight is 569 g/mol. The first kappa shape index (κ1) is 28.7. The minimum Gasteiger partial charge on any atom is -0.493 e. The van der Waals surface area contributed by atoms with E-state index in [4.69, 9.17) is 9.47 Å². The van der Waals surface area contributed by atoms with Gasteiger partial charge in [-0.15, -0.1) is 24.0 Å². The highest BCUT2D eigenvalue weighted by molar-refractivity contribution is 14.0. The summed E-state index contributed by atoms with van der Waals surface area (Å²) in [7, 11) is 5.24. The summed E-state index contributed by atoms with van der Waals surface area (Å²) < 4.78 is 11.0. The van der Waals surface area contributed by atoms with Crippen LogP contribution in [0.15, 0.2) is 53.5 Å². The van der Waals surface area contributed by atoms with E-state index >= 15 is 0 Å². The zero-order chi connectivity index (χ0) is 23.2. The quantitative estimate of drug-likeness (QED) is 0.177. The third kappa shape index (κ3) is 10.9. The molecule has 0 atom stereocenters. The number of carbonyl (C=O) groups is 1. The molecule has 0 saturated heterocycles. The van der Waals surface area contributed by atoms with Crippen LogP contribution in [0.5, 0.6) is 5.75 Å². The van der Waals surface area contributed by atoms with Gasteiger partial charge in [0.1, 0.15) is 5.75 Å². The second kappa shape index (κ2) is 16.3. The minimum atomic E-state index is 0. The highest BCUT2D eigenvalue weighted by atomic mass is 127. The van der Waals surface area contributed by atoms with Gasteiger partial charge in [0.25, 0.3) is 0 Å². The van der Waals surface area contributed by atoms with Crippen molar-refractivity contribution in [3.05, 3.63) is 65.2 Å². The summed E-state index contributed by atoms with van der Waals surface area (Å²) in [5, 5.41) is 6.51. The number of hydrogen-bond donors (Lipinski definition) is 2. The third-order valence-electron chi connectivity index (χ3n) is 4.96. The standard InChI is InChI=1S/C25H36N4O3.HI/c1-20-11-12-22(23(17-20)32-16-8-15-31-4)18-28-25(26-2)27-14-13-24(30)29(3)19-21-9-6-5-7-10-21;/h5-7,9-12,17H,8,13-16,18-19H2,1-4H3,(H2,26,27,28);1H. The fourth-order valence-corrected chi connectivity index (χ4v) is 3.15. The zero-order valence-electron chi connectivity index (χ0n) is 20.1. The van der Waals surface area contributed by atoms with Crippen LogP contribution in [-0.4, -0.2) is 57.7 Å². The van der Waals surface area contributed by atoms with Crippen LogP contribution >= 0.6 is 24.0 Å². The fourth-order valence-electron chi connectivity index (χ4n) is 3.15. The molecule has 0 saturated carbocycles. The Hall–Kier alpha value is -2.33. The fraction of sp³-hybridized carbons (Fsp3) is 0.440. The van der Waals surface area contributed by atoms with Gasteiger partial charge in [-0.25, -0.2) is 0 Å². The summed E-state index contributed by atoms with van der Waals surface area (Å²) in [4.78, 5) is 18.4. The Bertz CT molecular complexity index is 862. The average Bonchev–Trinajstić information content (AvgIpc) is 2.80. The van der Waals surface area contributed by atoms with Gasteiger partial charge in [-0.05, 0) is 24.1 Å². The van der Waals surface area contributed by atoms with Crippen LogP contribution < -0.4 is 15.4 Å². The van der Waals surface area contributed by atoms with Crippen LogP contribution in [0.1, 0.15) is 29.5 Å². The Labute approximate surface area is 215 Å². The van der Waals surface area contributed by atoms with Gasteiger partial charge in [-0.2, -0.15) is 0 Å². The molecule has 2 aromatic rings. The van der Waals surface area contributed by atoms with Crippen molar-refractivity contribution >= 4 is 35.8 Å². The van der Waals surface area contributed by atoms with E-state index in [0.29, 0.717) is 45.2 Å². The number of amides is 1. The van der Waals surface area contributed by atoms with E-state index in [1.807, 2.05) is 50.4 Å². The van der Waals surface area contributed by atoms with Crippen LogP contribution in [0.4, 0.5) is 0 Å². The maximum atomic E-state index is 12.4. The molecule has 0 aromatic heterocycles. The first-order chi connectivity index (χ1) is 15.5. The monoisotopic (exact) mass is 568 g/mol. The number of nitrogens with one attached hydrogen (secondary N) is 2. The molecule has 0 unspecified atom stereocenters. The van der Waals surface area contributed by atoms with Crippen LogP contribution in [0.2, 0.25) is 0 Å². The van der Waals surface area contributed by atoms with Crippen molar-refractivity contribution in [2.45, 2.75) is 32.9 Å². The lowest BCUT2D eigenvalue weighted by molar-refractivity contribution is -0.130. The smallest absolute Gasteiger partial charge is 0.224 e.